The van der Waals surface area contributed by atoms with Crippen molar-refractivity contribution < 1.29 is 33.5 Å². The predicted molar refractivity (Wildman–Crippen MR) is 119 cm³/mol. The van der Waals surface area contributed by atoms with Crippen molar-refractivity contribution in [2.75, 3.05) is 46.5 Å². The second-order valence-electron chi connectivity index (χ2n) is 8.24. The zero-order chi connectivity index (χ0) is 23.4. The Morgan fingerprint density at radius 2 is 1.79 bits per heavy atom. The third-order valence-corrected chi connectivity index (χ3v) is 6.22. The minimum absolute atomic E-state index is 0.00972. The number of nitrogens with one attached hydrogen (secondary N) is 1. The van der Waals surface area contributed by atoms with Gasteiger partial charge >= 0.3 is 0 Å². The van der Waals surface area contributed by atoms with E-state index in [0.29, 0.717) is 24.3 Å². The van der Waals surface area contributed by atoms with E-state index in [9.17, 15) is 19.1 Å². The van der Waals surface area contributed by atoms with E-state index in [1.54, 1.807) is 31.4 Å². The van der Waals surface area contributed by atoms with Crippen LogP contribution in [0.4, 0.5) is 4.39 Å². The number of nitrogens with zero attached hydrogens (tertiary/aromatic N) is 1. The zero-order valence-corrected chi connectivity index (χ0v) is 18.6. The van der Waals surface area contributed by atoms with Crippen LogP contribution in [0.15, 0.2) is 54.1 Å². The van der Waals surface area contributed by atoms with Gasteiger partial charge in [-0.15, -0.1) is 0 Å². The van der Waals surface area contributed by atoms with Crippen LogP contribution in [0.2, 0.25) is 0 Å². The molecule has 2 N–H and O–H groups in total. The summed E-state index contributed by atoms with van der Waals surface area (Å²) in [6.45, 7) is 4.54. The third-order valence-electron chi connectivity index (χ3n) is 6.22. The van der Waals surface area contributed by atoms with Gasteiger partial charge in [-0.05, 0) is 42.0 Å². The number of morpholine rings is 1. The molecule has 7 nitrogen and oxygen atoms in total. The maximum absolute atomic E-state index is 13.4. The van der Waals surface area contributed by atoms with Crippen LogP contribution in [0.25, 0.3) is 5.76 Å². The molecule has 174 valence electrons. The molecule has 1 unspecified atom stereocenters. The van der Waals surface area contributed by atoms with Crippen molar-refractivity contribution in [3.05, 3.63) is 71.0 Å². The summed E-state index contributed by atoms with van der Waals surface area (Å²) >= 11 is 0. The molecule has 2 heterocycles. The van der Waals surface area contributed by atoms with Crippen LogP contribution in [0.3, 0.4) is 0 Å². The summed E-state index contributed by atoms with van der Waals surface area (Å²) in [6, 6.07) is 11.5. The van der Waals surface area contributed by atoms with Crippen LogP contribution in [0, 0.1) is 5.82 Å². The fraction of sp³-hybridized carbons (Fsp3) is 0.360. The standard InChI is InChI=1S/C25H27FN2O5/c1-32-20-9-5-17(6-10-20)22-21(23(29)18-3-7-19(26)8-4-18)24(30)25(31)28(22)12-2-11-27-13-15-33-16-14-27/h3-10,22,29H,2,11-16H2,1H3/p+1. The SMILES string of the molecule is COc1ccc(C2C(=C(O)c3ccc(F)cc3)C(=O)C(=O)N2CCC[NH+]2CCOCC2)cc1. The Morgan fingerprint density at radius 3 is 2.42 bits per heavy atom. The number of aliphatic hydroxyl groups is 1. The van der Waals surface area contributed by atoms with Gasteiger partial charge in [0.1, 0.15) is 30.4 Å². The monoisotopic (exact) mass is 455 g/mol. The molecule has 0 saturated carbocycles. The number of carbonyl (C=O) groups is 2. The molecule has 2 aliphatic rings. The summed E-state index contributed by atoms with van der Waals surface area (Å²) in [5.41, 5.74) is 0.985. The first-order valence-corrected chi connectivity index (χ1v) is 11.1. The molecule has 2 aliphatic heterocycles. The number of amides is 1. The van der Waals surface area contributed by atoms with Crippen molar-refractivity contribution in [1.82, 2.24) is 4.90 Å². The van der Waals surface area contributed by atoms with E-state index in [2.05, 4.69) is 0 Å². The minimum Gasteiger partial charge on any atom is -0.507 e. The van der Waals surface area contributed by atoms with E-state index in [0.717, 1.165) is 32.8 Å². The highest BCUT2D eigenvalue weighted by atomic mass is 19.1. The second-order valence-corrected chi connectivity index (χ2v) is 8.24. The summed E-state index contributed by atoms with van der Waals surface area (Å²) in [6.07, 6.45) is 0.714. The smallest absolute Gasteiger partial charge is 0.295 e. The van der Waals surface area contributed by atoms with Gasteiger partial charge < -0.3 is 24.4 Å². The quantitative estimate of drug-likeness (QED) is 0.376. The van der Waals surface area contributed by atoms with Crippen LogP contribution in [0.5, 0.6) is 5.75 Å². The number of quaternary nitrogens is 1. The van der Waals surface area contributed by atoms with Crippen molar-refractivity contribution in [1.29, 1.82) is 0 Å². The topological polar surface area (TPSA) is 80.5 Å². The fourth-order valence-electron chi connectivity index (χ4n) is 4.42. The maximum Gasteiger partial charge on any atom is 0.295 e. The molecule has 1 amide bonds. The Balaban J connectivity index is 1.66. The molecule has 2 aromatic rings. The van der Waals surface area contributed by atoms with Crippen molar-refractivity contribution in [3.63, 3.8) is 0 Å². The van der Waals surface area contributed by atoms with Gasteiger partial charge in [0.25, 0.3) is 11.7 Å². The first-order chi connectivity index (χ1) is 16.0. The number of Topliss-reactive ketones (excluding diaryl/α,β-unsaturated/α-hetero) is 1. The molecular weight excluding hydrogens is 427 g/mol. The highest BCUT2D eigenvalue weighted by Crippen LogP contribution is 2.39. The maximum atomic E-state index is 13.4. The Hall–Kier alpha value is -3.23. The van der Waals surface area contributed by atoms with Crippen molar-refractivity contribution in [3.8, 4) is 5.75 Å². The number of benzene rings is 2. The van der Waals surface area contributed by atoms with Gasteiger partial charge in [0.15, 0.2) is 0 Å². The summed E-state index contributed by atoms with van der Waals surface area (Å²) in [5, 5.41) is 11.0. The molecule has 1 atom stereocenters. The number of hydrogen-bond acceptors (Lipinski definition) is 5. The largest absolute Gasteiger partial charge is 0.507 e. The van der Waals surface area contributed by atoms with E-state index in [1.807, 2.05) is 0 Å². The molecule has 2 fully saturated rings. The first-order valence-electron chi connectivity index (χ1n) is 11.1. The van der Waals surface area contributed by atoms with Crippen LogP contribution in [-0.4, -0.2) is 68.2 Å². The van der Waals surface area contributed by atoms with E-state index < -0.39 is 23.5 Å². The first kappa shape index (κ1) is 22.9. The van der Waals surface area contributed by atoms with E-state index in [1.165, 1.54) is 34.1 Å². The van der Waals surface area contributed by atoms with Gasteiger partial charge in [-0.3, -0.25) is 9.59 Å². The lowest BCUT2D eigenvalue weighted by Gasteiger charge is -2.27. The number of likely N-dealkylation sites (tertiary alicyclic amines) is 1. The normalized spacial score (nSPS) is 20.9. The lowest BCUT2D eigenvalue weighted by molar-refractivity contribution is -0.908. The van der Waals surface area contributed by atoms with Gasteiger partial charge in [-0.2, -0.15) is 0 Å². The Labute approximate surface area is 192 Å². The summed E-state index contributed by atoms with van der Waals surface area (Å²) in [7, 11) is 1.56. The highest BCUT2D eigenvalue weighted by molar-refractivity contribution is 6.46. The summed E-state index contributed by atoms with van der Waals surface area (Å²) in [4.78, 5) is 29.0. The number of carbonyl (C=O) groups excluding carboxylic acids is 2. The molecule has 33 heavy (non-hydrogen) atoms. The number of hydrogen-bond donors (Lipinski definition) is 2. The van der Waals surface area contributed by atoms with Gasteiger partial charge in [-0.25, -0.2) is 4.39 Å². The molecule has 2 aromatic carbocycles. The lowest BCUT2D eigenvalue weighted by atomic mass is 9.95. The highest BCUT2D eigenvalue weighted by Gasteiger charge is 2.45. The van der Waals surface area contributed by atoms with Gasteiger partial charge in [0, 0.05) is 18.5 Å². The Bertz CT molecular complexity index is 1030. The van der Waals surface area contributed by atoms with E-state index in [4.69, 9.17) is 9.47 Å². The zero-order valence-electron chi connectivity index (χ0n) is 18.6. The van der Waals surface area contributed by atoms with Gasteiger partial charge in [0.2, 0.25) is 0 Å². The van der Waals surface area contributed by atoms with Crippen LogP contribution >= 0.6 is 0 Å². The number of rotatable bonds is 7. The molecule has 0 aromatic heterocycles. The average molecular weight is 456 g/mol. The van der Waals surface area contributed by atoms with Crippen molar-refractivity contribution in [2.45, 2.75) is 12.5 Å². The van der Waals surface area contributed by atoms with Crippen LogP contribution in [0.1, 0.15) is 23.6 Å². The van der Waals surface area contributed by atoms with E-state index in [-0.39, 0.29) is 16.9 Å². The Kier molecular flexibility index (Phi) is 7.05. The van der Waals surface area contributed by atoms with Crippen molar-refractivity contribution in [2.24, 2.45) is 0 Å². The predicted octanol–water partition coefficient (Wildman–Crippen LogP) is 1.56. The number of aliphatic hydroxyl groups excluding tert-OH is 1. The molecule has 2 saturated heterocycles. The molecule has 8 heteroatoms. The number of halogens is 1. The lowest BCUT2D eigenvalue weighted by Crippen LogP contribution is -3.14. The van der Waals surface area contributed by atoms with Crippen LogP contribution < -0.4 is 9.64 Å². The number of methoxy groups -OCH3 is 1. The number of ketones is 1. The van der Waals surface area contributed by atoms with E-state index >= 15 is 0 Å². The molecule has 4 rings (SSSR count). The molecule has 0 radical (unpaired) electrons. The van der Waals surface area contributed by atoms with Crippen LogP contribution in [-0.2, 0) is 14.3 Å². The molecule has 0 aliphatic carbocycles. The van der Waals surface area contributed by atoms with Gasteiger partial charge in [-0.1, -0.05) is 12.1 Å². The molecular formula is C25H28FN2O5+. The second kappa shape index (κ2) is 10.1. The Morgan fingerprint density at radius 1 is 1.12 bits per heavy atom. The van der Waals surface area contributed by atoms with Crippen molar-refractivity contribution >= 4 is 17.4 Å². The average Bonchev–Trinajstić information content (AvgIpc) is 3.10. The summed E-state index contributed by atoms with van der Waals surface area (Å²) < 4.78 is 24.0. The van der Waals surface area contributed by atoms with Gasteiger partial charge in [0.05, 0.1) is 38.5 Å². The molecule has 0 bridgehead atoms. The number of ether oxygens (including phenoxy) is 2. The fourth-order valence-corrected chi connectivity index (χ4v) is 4.42. The molecule has 0 spiro atoms. The summed E-state index contributed by atoms with van der Waals surface area (Å²) in [5.74, 6) is -1.50. The minimum atomic E-state index is -0.739. The third kappa shape index (κ3) is 4.91.